The average molecular weight is 524 g/mol. The average Bonchev–Trinajstić information content (AvgIpc) is 3.45. The predicted octanol–water partition coefficient (Wildman–Crippen LogP) is 9.59. The summed E-state index contributed by atoms with van der Waals surface area (Å²) < 4.78 is 5.94. The fourth-order valence-electron chi connectivity index (χ4n) is 4.38. The van der Waals surface area contributed by atoms with Gasteiger partial charge in [-0.05, 0) is 62.1 Å². The SMILES string of the molecule is C=C/C=C\C(=C/C)C(C)=Nc1cc(-c2ncc(-c3ccc(C(=O)N=O)cc3)o2)ccc1C.CC1CCCCC1. The van der Waals surface area contributed by atoms with Crippen LogP contribution in [0, 0.1) is 17.7 Å². The van der Waals surface area contributed by atoms with Crippen LogP contribution in [0.2, 0.25) is 0 Å². The number of aromatic nitrogens is 1. The topological polar surface area (TPSA) is 84.9 Å². The molecular weight excluding hydrogens is 486 g/mol. The van der Waals surface area contributed by atoms with Crippen LogP contribution in [-0.2, 0) is 0 Å². The summed E-state index contributed by atoms with van der Waals surface area (Å²) in [6.07, 6.45) is 16.6. The Morgan fingerprint density at radius 2 is 1.77 bits per heavy atom. The van der Waals surface area contributed by atoms with Crippen LogP contribution >= 0.6 is 0 Å². The van der Waals surface area contributed by atoms with E-state index in [2.05, 4.69) is 23.7 Å². The maximum Gasteiger partial charge on any atom is 0.316 e. The smallest absolute Gasteiger partial charge is 0.316 e. The van der Waals surface area contributed by atoms with E-state index < -0.39 is 5.91 Å². The molecule has 1 aromatic heterocycles. The Hall–Kier alpha value is -4.19. The van der Waals surface area contributed by atoms with Crippen molar-refractivity contribution in [2.24, 2.45) is 16.1 Å². The quantitative estimate of drug-likeness (QED) is 0.175. The van der Waals surface area contributed by atoms with Crippen LogP contribution in [0.1, 0.15) is 68.8 Å². The number of aryl methyl sites for hydroxylation is 1. The van der Waals surface area contributed by atoms with Crippen LogP contribution in [0.5, 0.6) is 0 Å². The van der Waals surface area contributed by atoms with Crippen LogP contribution in [0.4, 0.5) is 5.69 Å². The number of allylic oxidation sites excluding steroid dienone is 5. The molecule has 6 heteroatoms. The van der Waals surface area contributed by atoms with E-state index in [1.54, 1.807) is 24.4 Å². The highest BCUT2D eigenvalue weighted by Gasteiger charge is 2.12. The number of amides is 1. The molecule has 1 amide bonds. The molecule has 0 saturated heterocycles. The monoisotopic (exact) mass is 523 g/mol. The Balaban J connectivity index is 0.000000520. The van der Waals surface area contributed by atoms with Crippen molar-refractivity contribution in [1.29, 1.82) is 0 Å². The number of rotatable bonds is 7. The first-order valence-corrected chi connectivity index (χ1v) is 13.4. The Morgan fingerprint density at radius 3 is 2.36 bits per heavy atom. The molecule has 0 N–H and O–H groups in total. The summed E-state index contributed by atoms with van der Waals surface area (Å²) in [5, 5.41) is 2.42. The predicted molar refractivity (Wildman–Crippen MR) is 160 cm³/mol. The second kappa shape index (κ2) is 14.7. The van der Waals surface area contributed by atoms with Crippen LogP contribution in [0.25, 0.3) is 22.8 Å². The molecule has 39 heavy (non-hydrogen) atoms. The van der Waals surface area contributed by atoms with Gasteiger partial charge in [-0.3, -0.25) is 9.79 Å². The molecule has 1 aliphatic carbocycles. The number of nitrogens with zero attached hydrogens (tertiary/aromatic N) is 3. The highest BCUT2D eigenvalue weighted by molar-refractivity contribution is 6.02. The van der Waals surface area contributed by atoms with E-state index in [4.69, 9.17) is 9.41 Å². The van der Waals surface area contributed by atoms with Gasteiger partial charge in [-0.2, -0.15) is 0 Å². The first-order chi connectivity index (χ1) is 18.9. The van der Waals surface area contributed by atoms with Gasteiger partial charge in [0.2, 0.25) is 5.89 Å². The summed E-state index contributed by atoms with van der Waals surface area (Å²) in [5.74, 6) is 1.24. The summed E-state index contributed by atoms with van der Waals surface area (Å²) in [7, 11) is 0. The van der Waals surface area contributed by atoms with Gasteiger partial charge in [0, 0.05) is 27.6 Å². The fraction of sp³-hybridized carbons (Fsp3) is 0.303. The van der Waals surface area contributed by atoms with E-state index in [1.165, 1.54) is 44.2 Å². The fourth-order valence-corrected chi connectivity index (χ4v) is 4.38. The molecule has 3 aromatic rings. The maximum atomic E-state index is 11.4. The lowest BCUT2D eigenvalue weighted by molar-refractivity contribution is 0.100. The maximum absolute atomic E-state index is 11.4. The third-order valence-electron chi connectivity index (χ3n) is 6.78. The lowest BCUT2D eigenvalue weighted by Gasteiger charge is -2.15. The normalized spacial score (nSPS) is 14.6. The molecular formula is C33H37N3O3. The van der Waals surface area contributed by atoms with E-state index in [-0.39, 0.29) is 5.56 Å². The molecule has 0 aliphatic heterocycles. The molecule has 2 aromatic carbocycles. The molecule has 6 nitrogen and oxygen atoms in total. The zero-order valence-electron chi connectivity index (χ0n) is 23.3. The number of nitroso groups, excluding NO2 is 1. The van der Waals surface area contributed by atoms with Crippen LogP contribution in [0.3, 0.4) is 0 Å². The molecule has 0 radical (unpaired) electrons. The van der Waals surface area contributed by atoms with E-state index in [0.717, 1.165) is 39.6 Å². The number of aliphatic imine (C=N–C) groups is 1. The van der Waals surface area contributed by atoms with Gasteiger partial charge in [0.25, 0.3) is 0 Å². The Kier molecular flexibility index (Phi) is 11.0. The van der Waals surface area contributed by atoms with E-state index in [9.17, 15) is 9.70 Å². The van der Waals surface area contributed by atoms with Gasteiger partial charge in [0.05, 0.1) is 11.9 Å². The van der Waals surface area contributed by atoms with E-state index in [0.29, 0.717) is 11.7 Å². The lowest BCUT2D eigenvalue weighted by Crippen LogP contribution is -1.99. The number of carbonyl (C=O) groups is 1. The Morgan fingerprint density at radius 1 is 1.08 bits per heavy atom. The summed E-state index contributed by atoms with van der Waals surface area (Å²) in [6.45, 7) is 12.0. The van der Waals surface area contributed by atoms with Crippen molar-refractivity contribution < 1.29 is 9.21 Å². The highest BCUT2D eigenvalue weighted by atomic mass is 16.4. The molecule has 1 fully saturated rings. The Labute approximate surface area is 231 Å². The van der Waals surface area contributed by atoms with Crippen molar-refractivity contribution in [3.8, 4) is 22.8 Å². The molecule has 1 saturated carbocycles. The first-order valence-electron chi connectivity index (χ1n) is 13.4. The highest BCUT2D eigenvalue weighted by Crippen LogP contribution is 2.30. The van der Waals surface area contributed by atoms with Crippen LogP contribution in [-0.4, -0.2) is 16.6 Å². The lowest BCUT2D eigenvalue weighted by atomic mass is 9.91. The molecule has 1 aliphatic rings. The minimum absolute atomic E-state index is 0.225. The van der Waals surface area contributed by atoms with Gasteiger partial charge < -0.3 is 4.42 Å². The van der Waals surface area contributed by atoms with Crippen molar-refractivity contribution in [3.63, 3.8) is 0 Å². The summed E-state index contributed by atoms with van der Waals surface area (Å²) >= 11 is 0. The standard InChI is InChI=1S/C26H23N3O3.C7H14/c1-5-7-8-19(6-2)18(4)28-23-15-22(10-9-17(23)3)26-27-16-24(32-26)20-11-13-21(14-12-20)25(30)29-31;1-7-5-3-2-4-6-7/h5-16H,1H2,2-4H3;7H,2-6H2,1H3/b8-7-,19-6+,28-18?;. The summed E-state index contributed by atoms with van der Waals surface area (Å²) in [4.78, 5) is 30.9. The third-order valence-corrected chi connectivity index (χ3v) is 6.78. The van der Waals surface area contributed by atoms with Gasteiger partial charge in [0.15, 0.2) is 5.76 Å². The van der Waals surface area contributed by atoms with Crippen molar-refractivity contribution in [3.05, 3.63) is 101 Å². The van der Waals surface area contributed by atoms with Crippen molar-refractivity contribution in [2.45, 2.75) is 59.8 Å². The number of hydrogen-bond donors (Lipinski definition) is 0. The second-order valence-corrected chi connectivity index (χ2v) is 9.78. The molecule has 0 bridgehead atoms. The first kappa shape index (κ1) is 29.4. The van der Waals surface area contributed by atoms with E-state index >= 15 is 0 Å². The zero-order valence-corrected chi connectivity index (χ0v) is 23.3. The molecule has 4 rings (SSSR count). The zero-order chi connectivity index (χ0) is 28.2. The number of benzene rings is 2. The molecule has 202 valence electrons. The van der Waals surface area contributed by atoms with Crippen molar-refractivity contribution in [1.82, 2.24) is 4.98 Å². The minimum Gasteiger partial charge on any atom is -0.436 e. The summed E-state index contributed by atoms with van der Waals surface area (Å²) in [6, 6.07) is 12.3. The molecule has 0 atom stereocenters. The van der Waals surface area contributed by atoms with Crippen molar-refractivity contribution >= 4 is 17.3 Å². The summed E-state index contributed by atoms with van der Waals surface area (Å²) in [5.41, 5.74) is 5.53. The van der Waals surface area contributed by atoms with E-state index in [1.807, 2.05) is 57.2 Å². The molecule has 0 spiro atoms. The molecule has 1 heterocycles. The number of oxazole rings is 1. The van der Waals surface area contributed by atoms with Gasteiger partial charge in [0.1, 0.15) is 0 Å². The number of carbonyl (C=O) groups excluding carboxylic acids is 1. The third kappa shape index (κ3) is 8.40. The van der Waals surface area contributed by atoms with Gasteiger partial charge >= 0.3 is 5.91 Å². The van der Waals surface area contributed by atoms with Gasteiger partial charge in [-0.1, -0.05) is 88.1 Å². The largest absolute Gasteiger partial charge is 0.436 e. The van der Waals surface area contributed by atoms with Gasteiger partial charge in [-0.15, -0.1) is 4.91 Å². The minimum atomic E-state index is -0.807. The van der Waals surface area contributed by atoms with Gasteiger partial charge in [-0.25, -0.2) is 4.98 Å². The second-order valence-electron chi connectivity index (χ2n) is 9.78. The van der Waals surface area contributed by atoms with Crippen LogP contribution < -0.4 is 0 Å². The van der Waals surface area contributed by atoms with Crippen molar-refractivity contribution in [2.75, 3.05) is 0 Å². The Bertz CT molecular complexity index is 1370. The molecule has 0 unspecified atom stereocenters. The van der Waals surface area contributed by atoms with Crippen LogP contribution in [0.15, 0.2) is 99.7 Å². The number of hydrogen-bond acceptors (Lipinski definition) is 5.